The van der Waals surface area contributed by atoms with Gasteiger partial charge in [0, 0.05) is 24.0 Å². The van der Waals surface area contributed by atoms with Crippen molar-refractivity contribution in [1.82, 2.24) is 10.2 Å². The van der Waals surface area contributed by atoms with E-state index >= 15 is 0 Å². The molecular formula is C18H16F4N2O3S. The number of alkyl halides is 4. The summed E-state index contributed by atoms with van der Waals surface area (Å²) in [5.74, 6) is -1.24. The zero-order valence-corrected chi connectivity index (χ0v) is 15.7. The number of carbonyl (C=O) groups excluding carboxylic acids is 2. The fourth-order valence-corrected chi connectivity index (χ4v) is 3.04. The van der Waals surface area contributed by atoms with Gasteiger partial charge in [-0.2, -0.15) is 27.8 Å². The number of halogens is 4. The van der Waals surface area contributed by atoms with Crippen molar-refractivity contribution < 1.29 is 31.9 Å². The smallest absolute Gasteiger partial charge is 0.426 e. The highest BCUT2D eigenvalue weighted by atomic mass is 32.2. The van der Waals surface area contributed by atoms with Crippen LogP contribution in [0.3, 0.4) is 0 Å². The van der Waals surface area contributed by atoms with Crippen LogP contribution in [0.5, 0.6) is 5.75 Å². The highest BCUT2D eigenvalue weighted by molar-refractivity contribution is 8.00. The molecule has 0 atom stereocenters. The third-order valence-corrected chi connectivity index (χ3v) is 4.60. The van der Waals surface area contributed by atoms with E-state index in [4.69, 9.17) is 0 Å². The highest BCUT2D eigenvalue weighted by Crippen LogP contribution is 2.54. The number of hydrogen-bond donors (Lipinski definition) is 0. The Morgan fingerprint density at radius 1 is 1.00 bits per heavy atom. The van der Waals surface area contributed by atoms with Gasteiger partial charge in [-0.3, -0.25) is 9.59 Å². The van der Waals surface area contributed by atoms with Crippen LogP contribution in [0.25, 0.3) is 0 Å². The first kappa shape index (κ1) is 21.8. The molecule has 1 aromatic heterocycles. The Morgan fingerprint density at radius 3 is 2.25 bits per heavy atom. The summed E-state index contributed by atoms with van der Waals surface area (Å²) in [6, 6.07) is 4.74. The van der Waals surface area contributed by atoms with Gasteiger partial charge in [0.1, 0.15) is 5.75 Å². The Morgan fingerprint density at radius 2 is 1.64 bits per heavy atom. The third kappa shape index (κ3) is 4.67. The number of benzene rings is 1. The molecule has 0 amide bonds. The molecule has 3 rings (SSSR count). The average Bonchev–Trinajstić information content (AvgIpc) is 2.68. The van der Waals surface area contributed by atoms with Crippen LogP contribution < -0.4 is 4.74 Å². The van der Waals surface area contributed by atoms with Crippen molar-refractivity contribution in [3.8, 4) is 5.75 Å². The van der Waals surface area contributed by atoms with Gasteiger partial charge in [-0.1, -0.05) is 13.8 Å². The molecule has 0 saturated heterocycles. The van der Waals surface area contributed by atoms with Gasteiger partial charge in [-0.15, -0.1) is 0 Å². The Bertz CT molecular complexity index is 863. The minimum absolute atomic E-state index is 0.0292. The normalized spacial score (nSPS) is 16.1. The summed E-state index contributed by atoms with van der Waals surface area (Å²) < 4.78 is 57.2. The maximum atomic E-state index is 13.4. The lowest BCUT2D eigenvalue weighted by Gasteiger charge is -2.31. The summed E-state index contributed by atoms with van der Waals surface area (Å²) in [6.07, 6.45) is -2.31. The van der Waals surface area contributed by atoms with Gasteiger partial charge in [-0.05, 0) is 36.0 Å². The number of nitrogens with zero attached hydrogens (tertiary/aromatic N) is 2. The Kier molecular flexibility index (Phi) is 6.76. The van der Waals surface area contributed by atoms with Gasteiger partial charge in [0.2, 0.25) is 0 Å². The number of ketones is 2. The highest BCUT2D eigenvalue weighted by Gasteiger charge is 2.63. The standard InChI is InChI=1S/C16H10F4N2O3S.C2H6/c17-15(18)16(19,20)26-14-7-9(1-4-13(14)25-15)11(23)2-3-12(24)10-5-6-21-22-8-10;1-2/h1,4-8H,2-3H2;1-2H3. The molecule has 2 heterocycles. The number of Topliss-reactive ketones (excluding diaryl/α,β-unsaturated/α-hetero) is 2. The predicted molar refractivity (Wildman–Crippen MR) is 94.1 cm³/mol. The summed E-state index contributed by atoms with van der Waals surface area (Å²) in [6.45, 7) is 4.00. The summed E-state index contributed by atoms with van der Waals surface area (Å²) in [5, 5.41) is 2.64. The fourth-order valence-electron chi connectivity index (χ4n) is 2.21. The minimum Gasteiger partial charge on any atom is -0.426 e. The molecule has 0 radical (unpaired) electrons. The number of ether oxygens (including phenoxy) is 1. The quantitative estimate of drug-likeness (QED) is 0.504. The molecule has 1 aliphatic heterocycles. The van der Waals surface area contributed by atoms with E-state index in [-0.39, 0.29) is 40.8 Å². The molecule has 1 aromatic carbocycles. The second kappa shape index (κ2) is 8.68. The van der Waals surface area contributed by atoms with Crippen molar-refractivity contribution in [2.45, 2.75) is 42.9 Å². The summed E-state index contributed by atoms with van der Waals surface area (Å²) in [5.41, 5.74) is 0.325. The second-order valence-corrected chi connectivity index (χ2v) is 6.53. The van der Waals surface area contributed by atoms with Crippen LogP contribution in [0, 0.1) is 0 Å². The Balaban J connectivity index is 0.00000136. The molecule has 0 aliphatic carbocycles. The van der Waals surface area contributed by atoms with Crippen LogP contribution in [0.15, 0.2) is 41.6 Å². The molecule has 150 valence electrons. The number of carbonyl (C=O) groups is 2. The molecule has 2 aromatic rings. The molecule has 0 bridgehead atoms. The Labute approximate surface area is 162 Å². The van der Waals surface area contributed by atoms with Crippen LogP contribution in [-0.2, 0) is 0 Å². The monoisotopic (exact) mass is 416 g/mol. The van der Waals surface area contributed by atoms with E-state index in [1.54, 1.807) is 0 Å². The van der Waals surface area contributed by atoms with E-state index in [1.807, 2.05) is 13.8 Å². The van der Waals surface area contributed by atoms with Gasteiger partial charge >= 0.3 is 11.4 Å². The summed E-state index contributed by atoms with van der Waals surface area (Å²) >= 11 is -0.369. The maximum Gasteiger partial charge on any atom is 0.475 e. The molecule has 5 nitrogen and oxygen atoms in total. The topological polar surface area (TPSA) is 69.2 Å². The van der Waals surface area contributed by atoms with E-state index in [0.29, 0.717) is 5.56 Å². The van der Waals surface area contributed by atoms with Crippen molar-refractivity contribution in [3.63, 3.8) is 0 Å². The van der Waals surface area contributed by atoms with Gasteiger partial charge < -0.3 is 4.74 Å². The zero-order valence-electron chi connectivity index (χ0n) is 14.9. The van der Waals surface area contributed by atoms with Crippen molar-refractivity contribution >= 4 is 23.3 Å². The van der Waals surface area contributed by atoms with E-state index in [1.165, 1.54) is 24.5 Å². The van der Waals surface area contributed by atoms with Gasteiger partial charge in [0.25, 0.3) is 0 Å². The predicted octanol–water partition coefficient (Wildman–Crippen LogP) is 5.02. The van der Waals surface area contributed by atoms with Crippen molar-refractivity contribution in [1.29, 1.82) is 0 Å². The molecule has 1 aliphatic rings. The lowest BCUT2D eigenvalue weighted by molar-refractivity contribution is -0.273. The molecule has 0 spiro atoms. The van der Waals surface area contributed by atoms with Crippen LogP contribution in [0.1, 0.15) is 47.4 Å². The largest absolute Gasteiger partial charge is 0.475 e. The molecule has 28 heavy (non-hydrogen) atoms. The molecule has 0 saturated carbocycles. The molecular weight excluding hydrogens is 400 g/mol. The van der Waals surface area contributed by atoms with Crippen molar-refractivity contribution in [2.24, 2.45) is 0 Å². The second-order valence-electron chi connectivity index (χ2n) is 5.38. The maximum absolute atomic E-state index is 13.4. The van der Waals surface area contributed by atoms with Crippen LogP contribution in [0.4, 0.5) is 17.6 Å². The lowest BCUT2D eigenvalue weighted by Crippen LogP contribution is -2.45. The summed E-state index contributed by atoms with van der Waals surface area (Å²) in [7, 11) is 0. The number of rotatable bonds is 5. The van der Waals surface area contributed by atoms with Gasteiger partial charge in [0.15, 0.2) is 11.6 Å². The minimum atomic E-state index is -4.64. The van der Waals surface area contributed by atoms with Crippen LogP contribution >= 0.6 is 11.8 Å². The van der Waals surface area contributed by atoms with E-state index < -0.39 is 22.9 Å². The number of aromatic nitrogens is 2. The van der Waals surface area contributed by atoms with Gasteiger partial charge in [0.05, 0.1) is 17.3 Å². The average molecular weight is 416 g/mol. The Hall–Kier alpha value is -2.49. The van der Waals surface area contributed by atoms with E-state index in [2.05, 4.69) is 14.9 Å². The van der Waals surface area contributed by atoms with Crippen molar-refractivity contribution in [3.05, 3.63) is 47.8 Å². The fraction of sp³-hybridized carbons (Fsp3) is 0.333. The molecule has 10 heteroatoms. The van der Waals surface area contributed by atoms with Crippen molar-refractivity contribution in [2.75, 3.05) is 0 Å². The zero-order chi connectivity index (χ0) is 20.9. The number of fused-ring (bicyclic) bond motifs is 1. The van der Waals surface area contributed by atoms with Crippen LogP contribution in [0.2, 0.25) is 0 Å². The van der Waals surface area contributed by atoms with Gasteiger partial charge in [-0.25, -0.2) is 0 Å². The number of hydrogen-bond acceptors (Lipinski definition) is 6. The van der Waals surface area contributed by atoms with E-state index in [0.717, 1.165) is 12.1 Å². The summed E-state index contributed by atoms with van der Waals surface area (Å²) in [4.78, 5) is 23.9. The first-order chi connectivity index (χ1) is 13.2. The molecule has 0 N–H and O–H groups in total. The number of thioether (sulfide) groups is 1. The lowest BCUT2D eigenvalue weighted by atomic mass is 10.0. The first-order valence-corrected chi connectivity index (χ1v) is 9.12. The third-order valence-electron chi connectivity index (χ3n) is 3.57. The SMILES string of the molecule is CC.O=C(CCC(=O)c1ccc2c(c1)SC(F)(F)C(F)(F)O2)c1ccnnc1. The molecule has 0 fully saturated rings. The molecule has 0 unspecified atom stereocenters. The van der Waals surface area contributed by atoms with Crippen LogP contribution in [-0.4, -0.2) is 33.1 Å². The first-order valence-electron chi connectivity index (χ1n) is 8.30. The van der Waals surface area contributed by atoms with E-state index in [9.17, 15) is 27.2 Å².